The van der Waals surface area contributed by atoms with Crippen LogP contribution in [0.2, 0.25) is 0 Å². The third kappa shape index (κ3) is 4.75. The van der Waals surface area contributed by atoms with Gasteiger partial charge < -0.3 is 14.6 Å². The van der Waals surface area contributed by atoms with E-state index in [1.165, 1.54) is 12.1 Å². The van der Waals surface area contributed by atoms with E-state index >= 15 is 0 Å². The van der Waals surface area contributed by atoms with Crippen molar-refractivity contribution in [2.45, 2.75) is 31.7 Å². The highest BCUT2D eigenvalue weighted by Crippen LogP contribution is 2.21. The lowest BCUT2D eigenvalue weighted by Gasteiger charge is -2.17. The first kappa shape index (κ1) is 18.3. The molecule has 0 bridgehead atoms. The summed E-state index contributed by atoms with van der Waals surface area (Å²) < 4.78 is 46.9. The van der Waals surface area contributed by atoms with E-state index in [2.05, 4.69) is 15.5 Å². The van der Waals surface area contributed by atoms with Crippen LogP contribution in [0.25, 0.3) is 0 Å². The summed E-state index contributed by atoms with van der Waals surface area (Å²) >= 11 is 0. The summed E-state index contributed by atoms with van der Waals surface area (Å²) in [5, 5.41) is 6.68. The molecule has 7 nitrogen and oxygen atoms in total. The number of methoxy groups -OCH3 is 1. The summed E-state index contributed by atoms with van der Waals surface area (Å²) in [5.41, 5.74) is -0.0687. The molecule has 0 spiro atoms. The third-order valence-electron chi connectivity index (χ3n) is 3.41. The van der Waals surface area contributed by atoms with Crippen LogP contribution < -0.4 is 5.32 Å². The van der Waals surface area contributed by atoms with Crippen LogP contribution in [0.5, 0.6) is 0 Å². The van der Waals surface area contributed by atoms with E-state index in [0.29, 0.717) is 11.4 Å². The molecule has 0 aliphatic heterocycles. The molecule has 0 aliphatic carbocycles. The highest BCUT2D eigenvalue weighted by atomic mass is 32.2. The SMILES string of the molecule is COC(C)(C)c1noc(CNc2ccc(CS(C)(=O)=O)cc2F)n1. The van der Waals surface area contributed by atoms with Gasteiger partial charge in [-0.05, 0) is 31.5 Å². The lowest BCUT2D eigenvalue weighted by Crippen LogP contribution is -2.21. The molecule has 132 valence electrons. The van der Waals surface area contributed by atoms with Crippen molar-refractivity contribution in [2.24, 2.45) is 0 Å². The molecule has 1 N–H and O–H groups in total. The normalized spacial score (nSPS) is 12.4. The summed E-state index contributed by atoms with van der Waals surface area (Å²) in [6.07, 6.45) is 1.10. The quantitative estimate of drug-likeness (QED) is 0.812. The maximum atomic E-state index is 14.0. The number of benzene rings is 1. The fourth-order valence-corrected chi connectivity index (χ4v) is 2.71. The lowest BCUT2D eigenvalue weighted by atomic mass is 10.1. The average molecular weight is 357 g/mol. The predicted octanol–water partition coefficient (Wildman–Crippen LogP) is 2.25. The number of rotatable bonds is 7. The fourth-order valence-electron chi connectivity index (χ4n) is 1.93. The van der Waals surface area contributed by atoms with Crippen LogP contribution in [-0.2, 0) is 32.5 Å². The second-order valence-corrected chi connectivity index (χ2v) is 8.10. The van der Waals surface area contributed by atoms with Crippen LogP contribution >= 0.6 is 0 Å². The zero-order valence-electron chi connectivity index (χ0n) is 14.0. The van der Waals surface area contributed by atoms with Crippen molar-refractivity contribution in [3.8, 4) is 0 Å². The number of halogens is 1. The Morgan fingerprint density at radius 3 is 2.67 bits per heavy atom. The number of hydrogen-bond acceptors (Lipinski definition) is 7. The zero-order chi connectivity index (χ0) is 18.0. The topological polar surface area (TPSA) is 94.3 Å². The van der Waals surface area contributed by atoms with E-state index in [9.17, 15) is 12.8 Å². The van der Waals surface area contributed by atoms with Gasteiger partial charge in [-0.25, -0.2) is 12.8 Å². The minimum atomic E-state index is -3.21. The van der Waals surface area contributed by atoms with E-state index in [0.717, 1.165) is 6.26 Å². The molecule has 1 aromatic heterocycles. The van der Waals surface area contributed by atoms with Crippen molar-refractivity contribution in [1.29, 1.82) is 0 Å². The monoisotopic (exact) mass is 357 g/mol. The molecule has 0 fully saturated rings. The molecular formula is C15H20FN3O4S. The van der Waals surface area contributed by atoms with Crippen molar-refractivity contribution in [3.05, 3.63) is 41.3 Å². The molecule has 0 amide bonds. The van der Waals surface area contributed by atoms with Crippen LogP contribution in [0.4, 0.5) is 10.1 Å². The Morgan fingerprint density at radius 2 is 2.08 bits per heavy atom. The van der Waals surface area contributed by atoms with Crippen molar-refractivity contribution in [3.63, 3.8) is 0 Å². The number of nitrogens with zero attached hydrogens (tertiary/aromatic N) is 2. The number of ether oxygens (including phenoxy) is 1. The summed E-state index contributed by atoms with van der Waals surface area (Å²) in [6, 6.07) is 4.22. The maximum Gasteiger partial charge on any atom is 0.246 e. The van der Waals surface area contributed by atoms with Crippen LogP contribution in [0, 0.1) is 5.82 Å². The molecule has 0 aliphatic rings. The van der Waals surface area contributed by atoms with Gasteiger partial charge in [0.05, 0.1) is 18.0 Å². The largest absolute Gasteiger partial charge is 0.374 e. The van der Waals surface area contributed by atoms with Gasteiger partial charge in [-0.2, -0.15) is 4.98 Å². The van der Waals surface area contributed by atoms with E-state index in [1.54, 1.807) is 27.0 Å². The molecule has 0 saturated carbocycles. The van der Waals surface area contributed by atoms with Gasteiger partial charge in [0, 0.05) is 13.4 Å². The predicted molar refractivity (Wildman–Crippen MR) is 86.6 cm³/mol. The maximum absolute atomic E-state index is 14.0. The molecular weight excluding hydrogens is 337 g/mol. The van der Waals surface area contributed by atoms with E-state index in [-0.39, 0.29) is 23.9 Å². The Morgan fingerprint density at radius 1 is 1.38 bits per heavy atom. The fraction of sp³-hybridized carbons (Fsp3) is 0.467. The van der Waals surface area contributed by atoms with Crippen LogP contribution in [0.1, 0.15) is 31.1 Å². The van der Waals surface area contributed by atoms with E-state index in [1.807, 2.05) is 0 Å². The third-order valence-corrected chi connectivity index (χ3v) is 4.27. The number of sulfone groups is 1. The first-order valence-electron chi connectivity index (χ1n) is 7.19. The van der Waals surface area contributed by atoms with Crippen molar-refractivity contribution in [1.82, 2.24) is 10.1 Å². The summed E-state index contributed by atoms with van der Waals surface area (Å²) in [5.74, 6) is -0.0721. The number of aromatic nitrogens is 2. The number of anilines is 1. The highest BCUT2D eigenvalue weighted by molar-refractivity contribution is 7.89. The molecule has 1 aromatic carbocycles. The first-order chi connectivity index (χ1) is 11.1. The average Bonchev–Trinajstić information content (AvgIpc) is 2.94. The first-order valence-corrected chi connectivity index (χ1v) is 9.25. The standard InChI is InChI=1S/C15H20FN3O4S/c1-15(2,22-3)14-18-13(23-19-14)8-17-12-6-5-10(7-11(12)16)9-24(4,20)21/h5-7,17H,8-9H2,1-4H3. The van der Waals surface area contributed by atoms with Crippen LogP contribution in [-0.4, -0.2) is 31.9 Å². The second-order valence-electron chi connectivity index (χ2n) is 5.96. The smallest absolute Gasteiger partial charge is 0.246 e. The lowest BCUT2D eigenvalue weighted by molar-refractivity contribution is 0.00973. The molecule has 0 atom stereocenters. The molecule has 24 heavy (non-hydrogen) atoms. The molecule has 9 heteroatoms. The molecule has 1 heterocycles. The van der Waals surface area contributed by atoms with Gasteiger partial charge in [0.25, 0.3) is 0 Å². The molecule has 2 aromatic rings. The Labute approximate surface area is 140 Å². The molecule has 0 unspecified atom stereocenters. The Bertz CT molecular complexity index is 818. The Balaban J connectivity index is 2.05. The molecule has 2 rings (SSSR count). The van der Waals surface area contributed by atoms with Gasteiger partial charge in [0.1, 0.15) is 11.4 Å². The van der Waals surface area contributed by atoms with Gasteiger partial charge in [-0.1, -0.05) is 11.2 Å². The van der Waals surface area contributed by atoms with Gasteiger partial charge in [-0.15, -0.1) is 0 Å². The molecule has 0 saturated heterocycles. The van der Waals surface area contributed by atoms with Crippen molar-refractivity contribution in [2.75, 3.05) is 18.7 Å². The summed E-state index contributed by atoms with van der Waals surface area (Å²) in [7, 11) is -1.66. The summed E-state index contributed by atoms with van der Waals surface area (Å²) in [6.45, 7) is 3.74. The number of hydrogen-bond donors (Lipinski definition) is 1. The summed E-state index contributed by atoms with van der Waals surface area (Å²) in [4.78, 5) is 4.20. The van der Waals surface area contributed by atoms with Gasteiger partial charge in [-0.3, -0.25) is 0 Å². The van der Waals surface area contributed by atoms with Gasteiger partial charge in [0.2, 0.25) is 11.7 Å². The second kappa shape index (κ2) is 6.86. The zero-order valence-corrected chi connectivity index (χ0v) is 14.8. The Hall–Kier alpha value is -2.00. The Kier molecular flexibility index (Phi) is 5.24. The number of nitrogens with one attached hydrogen (secondary N) is 1. The van der Waals surface area contributed by atoms with E-state index < -0.39 is 21.3 Å². The van der Waals surface area contributed by atoms with Gasteiger partial charge in [0.15, 0.2) is 9.84 Å². The highest BCUT2D eigenvalue weighted by Gasteiger charge is 2.26. The van der Waals surface area contributed by atoms with Crippen molar-refractivity contribution < 1.29 is 22.1 Å². The van der Waals surface area contributed by atoms with Crippen molar-refractivity contribution >= 4 is 15.5 Å². The minimum Gasteiger partial charge on any atom is -0.374 e. The molecule has 0 radical (unpaired) electrons. The van der Waals surface area contributed by atoms with Crippen LogP contribution in [0.15, 0.2) is 22.7 Å². The van der Waals surface area contributed by atoms with Crippen LogP contribution in [0.3, 0.4) is 0 Å². The minimum absolute atomic E-state index is 0.134. The van der Waals surface area contributed by atoms with Gasteiger partial charge >= 0.3 is 0 Å². The van der Waals surface area contributed by atoms with E-state index in [4.69, 9.17) is 9.26 Å².